The molecule has 1 unspecified atom stereocenters. The highest BCUT2D eigenvalue weighted by atomic mass is 79.9. The minimum absolute atomic E-state index is 0.315. The van der Waals surface area contributed by atoms with Crippen LogP contribution < -0.4 is 5.32 Å². The summed E-state index contributed by atoms with van der Waals surface area (Å²) in [6.45, 7) is 2.88. The van der Waals surface area contributed by atoms with Crippen molar-refractivity contribution < 1.29 is 0 Å². The molecule has 0 aromatic heterocycles. The van der Waals surface area contributed by atoms with Gasteiger partial charge < -0.3 is 5.32 Å². The number of rotatable bonds is 0. The Bertz CT molecular complexity index is 766. The summed E-state index contributed by atoms with van der Waals surface area (Å²) in [6, 6.07) is 6.19. The van der Waals surface area contributed by atoms with Crippen LogP contribution in [0.1, 0.15) is 24.0 Å². The molecular formula is C19H18BrClN2. The van der Waals surface area contributed by atoms with Gasteiger partial charge in [0.2, 0.25) is 0 Å². The first-order chi connectivity index (χ1) is 11.2. The van der Waals surface area contributed by atoms with E-state index in [2.05, 4.69) is 51.6 Å². The molecule has 1 N–H and O–H groups in total. The number of halogens is 2. The maximum atomic E-state index is 6.23. The smallest absolute Gasteiger partial charge is 0.0722 e. The average Bonchev–Trinajstić information content (AvgIpc) is 2.72. The van der Waals surface area contributed by atoms with E-state index in [0.29, 0.717) is 4.83 Å². The van der Waals surface area contributed by atoms with Crippen molar-refractivity contribution in [3.05, 3.63) is 57.6 Å². The van der Waals surface area contributed by atoms with Gasteiger partial charge in [-0.1, -0.05) is 57.4 Å². The van der Waals surface area contributed by atoms with Gasteiger partial charge in [0.05, 0.1) is 17.1 Å². The number of fused-ring (bicyclic) bond motifs is 2. The molecule has 0 amide bonds. The van der Waals surface area contributed by atoms with Gasteiger partial charge in [-0.15, -0.1) is 0 Å². The molecule has 2 heterocycles. The molecule has 1 aliphatic carbocycles. The zero-order valence-corrected chi connectivity index (χ0v) is 15.1. The second-order valence-corrected chi connectivity index (χ2v) is 7.73. The molecule has 1 fully saturated rings. The molecule has 1 aromatic rings. The van der Waals surface area contributed by atoms with Crippen molar-refractivity contribution in [2.45, 2.75) is 17.7 Å². The van der Waals surface area contributed by atoms with Crippen LogP contribution in [0.25, 0.3) is 11.6 Å². The first kappa shape index (κ1) is 15.4. The summed E-state index contributed by atoms with van der Waals surface area (Å²) >= 11 is 9.90. The molecule has 2 aliphatic heterocycles. The fraction of sp³-hybridized carbons (Fsp3) is 0.316. The zero-order chi connectivity index (χ0) is 15.8. The van der Waals surface area contributed by atoms with Crippen LogP contribution in [-0.4, -0.2) is 30.2 Å². The third kappa shape index (κ3) is 2.98. The number of nitrogens with one attached hydrogen (secondary N) is 1. The van der Waals surface area contributed by atoms with E-state index in [1.54, 1.807) is 0 Å². The summed E-state index contributed by atoms with van der Waals surface area (Å²) in [5.74, 6) is 0. The van der Waals surface area contributed by atoms with Gasteiger partial charge >= 0.3 is 0 Å². The quantitative estimate of drug-likeness (QED) is 0.642. The molecule has 0 saturated carbocycles. The standard InChI is InChI=1S/C19H18BrClN2/c20-15-9-14-2-1-13-10-16(21)3-4-17(13)18(19(14)23-11-15)12-5-7-22-8-6-12/h1-4,9-10,15,22H,5-8,11H2. The van der Waals surface area contributed by atoms with Crippen LogP contribution in [0.2, 0.25) is 5.02 Å². The molecule has 2 nitrogen and oxygen atoms in total. The summed E-state index contributed by atoms with van der Waals surface area (Å²) in [5, 5.41) is 4.23. The van der Waals surface area contributed by atoms with Crippen molar-refractivity contribution in [3.63, 3.8) is 0 Å². The predicted molar refractivity (Wildman–Crippen MR) is 103 cm³/mol. The van der Waals surface area contributed by atoms with Crippen LogP contribution in [0, 0.1) is 0 Å². The fourth-order valence-electron chi connectivity index (χ4n) is 3.50. The number of alkyl halides is 1. The molecule has 0 spiro atoms. The van der Waals surface area contributed by atoms with E-state index in [-0.39, 0.29) is 0 Å². The first-order valence-electron chi connectivity index (χ1n) is 8.04. The van der Waals surface area contributed by atoms with Crippen LogP contribution >= 0.6 is 27.5 Å². The van der Waals surface area contributed by atoms with Gasteiger partial charge in [0.25, 0.3) is 0 Å². The Labute approximate surface area is 150 Å². The van der Waals surface area contributed by atoms with E-state index < -0.39 is 0 Å². The second-order valence-electron chi connectivity index (χ2n) is 6.12. The Hall–Kier alpha value is -1.16. The summed E-state index contributed by atoms with van der Waals surface area (Å²) in [6.07, 6.45) is 8.79. The Morgan fingerprint density at radius 1 is 1.17 bits per heavy atom. The molecule has 3 aliphatic rings. The minimum atomic E-state index is 0.315. The van der Waals surface area contributed by atoms with Crippen LogP contribution in [0.5, 0.6) is 0 Å². The Kier molecular flexibility index (Phi) is 4.27. The highest BCUT2D eigenvalue weighted by Crippen LogP contribution is 2.37. The Morgan fingerprint density at radius 2 is 2.00 bits per heavy atom. The maximum Gasteiger partial charge on any atom is 0.0722 e. The van der Waals surface area contributed by atoms with E-state index in [4.69, 9.17) is 16.6 Å². The van der Waals surface area contributed by atoms with Crippen LogP contribution in [0.3, 0.4) is 0 Å². The van der Waals surface area contributed by atoms with Crippen molar-refractivity contribution in [1.29, 1.82) is 0 Å². The number of aliphatic imine (C=N–C) groups is 1. The number of dihydropyridines is 1. The van der Waals surface area contributed by atoms with Crippen LogP contribution in [0.4, 0.5) is 0 Å². The number of nitrogens with zero attached hydrogens (tertiary/aromatic N) is 1. The van der Waals surface area contributed by atoms with E-state index in [1.807, 2.05) is 6.07 Å². The van der Waals surface area contributed by atoms with E-state index in [9.17, 15) is 0 Å². The van der Waals surface area contributed by atoms with Gasteiger partial charge in [-0.2, -0.15) is 0 Å². The van der Waals surface area contributed by atoms with Crippen molar-refractivity contribution >= 4 is 44.9 Å². The largest absolute Gasteiger partial charge is 0.316 e. The lowest BCUT2D eigenvalue weighted by Gasteiger charge is -2.24. The van der Waals surface area contributed by atoms with E-state index >= 15 is 0 Å². The van der Waals surface area contributed by atoms with Crippen molar-refractivity contribution in [2.24, 2.45) is 4.99 Å². The van der Waals surface area contributed by atoms with Crippen LogP contribution in [-0.2, 0) is 0 Å². The topological polar surface area (TPSA) is 24.4 Å². The minimum Gasteiger partial charge on any atom is -0.316 e. The fourth-order valence-corrected chi connectivity index (χ4v) is 4.11. The first-order valence-corrected chi connectivity index (χ1v) is 9.33. The number of benzene rings is 1. The number of hydrogen-bond acceptors (Lipinski definition) is 2. The Balaban J connectivity index is 1.95. The third-order valence-corrected chi connectivity index (χ3v) is 5.37. The lowest BCUT2D eigenvalue weighted by molar-refractivity contribution is 0.612. The van der Waals surface area contributed by atoms with Crippen molar-refractivity contribution in [2.75, 3.05) is 19.6 Å². The normalized spacial score (nSPS) is 23.7. The van der Waals surface area contributed by atoms with Gasteiger partial charge in [-0.3, -0.25) is 4.99 Å². The molecule has 4 rings (SSSR count). The van der Waals surface area contributed by atoms with Crippen molar-refractivity contribution in [1.82, 2.24) is 5.32 Å². The van der Waals surface area contributed by atoms with Gasteiger partial charge in [-0.05, 0) is 54.8 Å². The maximum absolute atomic E-state index is 6.23. The number of allylic oxidation sites excluding steroid dienone is 3. The third-order valence-electron chi connectivity index (χ3n) is 4.58. The molecule has 1 aromatic carbocycles. The highest BCUT2D eigenvalue weighted by molar-refractivity contribution is 9.09. The molecule has 1 saturated heterocycles. The summed E-state index contributed by atoms with van der Waals surface area (Å²) in [5.41, 5.74) is 7.64. The zero-order valence-electron chi connectivity index (χ0n) is 12.8. The second kappa shape index (κ2) is 6.39. The summed E-state index contributed by atoms with van der Waals surface area (Å²) < 4.78 is 0. The molecule has 0 radical (unpaired) electrons. The summed E-state index contributed by atoms with van der Waals surface area (Å²) in [4.78, 5) is 5.22. The Morgan fingerprint density at radius 3 is 2.83 bits per heavy atom. The lowest BCUT2D eigenvalue weighted by Crippen LogP contribution is -2.25. The monoisotopic (exact) mass is 388 g/mol. The molecule has 0 bridgehead atoms. The lowest BCUT2D eigenvalue weighted by atomic mass is 9.86. The number of hydrogen-bond donors (Lipinski definition) is 1. The molecule has 23 heavy (non-hydrogen) atoms. The SMILES string of the molecule is Clc1ccc2c(c1)C=CC1=CC(Br)CN=C1C2=C1CCNCC1. The van der Waals surface area contributed by atoms with Crippen molar-refractivity contribution in [3.8, 4) is 0 Å². The van der Waals surface area contributed by atoms with E-state index in [0.717, 1.165) is 43.2 Å². The molecule has 118 valence electrons. The molecule has 4 heteroatoms. The van der Waals surface area contributed by atoms with Crippen LogP contribution in [0.15, 0.2) is 46.5 Å². The molecule has 1 atom stereocenters. The highest BCUT2D eigenvalue weighted by Gasteiger charge is 2.25. The number of piperidine rings is 1. The van der Waals surface area contributed by atoms with Gasteiger partial charge in [0.1, 0.15) is 0 Å². The average molecular weight is 390 g/mol. The summed E-state index contributed by atoms with van der Waals surface area (Å²) in [7, 11) is 0. The van der Waals surface area contributed by atoms with Gasteiger partial charge in [-0.25, -0.2) is 0 Å². The van der Waals surface area contributed by atoms with E-state index in [1.165, 1.54) is 27.8 Å². The molecular weight excluding hydrogens is 372 g/mol. The van der Waals surface area contributed by atoms with Gasteiger partial charge in [0, 0.05) is 10.6 Å². The van der Waals surface area contributed by atoms with Gasteiger partial charge in [0.15, 0.2) is 0 Å². The predicted octanol–water partition coefficient (Wildman–Crippen LogP) is 4.65.